The molecule has 7 heteroatoms. The van der Waals surface area contributed by atoms with Crippen LogP contribution < -0.4 is 0 Å². The van der Waals surface area contributed by atoms with Crippen molar-refractivity contribution >= 4 is 35.1 Å². The summed E-state index contributed by atoms with van der Waals surface area (Å²) in [5.74, 6) is -1.47. The van der Waals surface area contributed by atoms with E-state index in [1.165, 1.54) is 17.2 Å². The van der Waals surface area contributed by atoms with E-state index in [0.29, 0.717) is 0 Å². The highest BCUT2D eigenvalue weighted by Gasteiger charge is 2.35. The number of amides is 1. The Hall–Kier alpha value is -1.33. The fourth-order valence-corrected chi connectivity index (χ4v) is 1.97. The van der Waals surface area contributed by atoms with Crippen molar-refractivity contribution in [3.8, 4) is 0 Å². The number of carbonyl (C=O) groups excluding carboxylic acids is 1. The zero-order chi connectivity index (χ0) is 13.3. The molecule has 1 heterocycles. The first kappa shape index (κ1) is 13.1. The molecule has 1 saturated carbocycles. The summed E-state index contributed by atoms with van der Waals surface area (Å²) < 4.78 is 0. The monoisotopic (exact) mass is 288 g/mol. The normalized spacial score (nSPS) is 14.3. The number of hydrogen-bond acceptors (Lipinski definition) is 3. The van der Waals surface area contributed by atoms with Gasteiger partial charge in [0, 0.05) is 12.2 Å². The zero-order valence-electron chi connectivity index (χ0n) is 9.27. The molecule has 96 valence electrons. The van der Waals surface area contributed by atoms with Gasteiger partial charge in [-0.15, -0.1) is 0 Å². The Kier molecular flexibility index (Phi) is 3.73. The van der Waals surface area contributed by atoms with Gasteiger partial charge in [-0.2, -0.15) is 0 Å². The zero-order valence-corrected chi connectivity index (χ0v) is 10.8. The number of nitrogens with zero attached hydrogens (tertiary/aromatic N) is 2. The molecule has 0 aliphatic heterocycles. The fourth-order valence-electron chi connectivity index (χ4n) is 1.63. The van der Waals surface area contributed by atoms with Gasteiger partial charge in [-0.05, 0) is 18.9 Å². The highest BCUT2D eigenvalue weighted by Crippen LogP contribution is 2.29. The molecule has 2 rings (SSSR count). The number of aliphatic carboxylic acids is 1. The number of pyridine rings is 1. The van der Waals surface area contributed by atoms with Crippen LogP contribution in [0.25, 0.3) is 0 Å². The van der Waals surface area contributed by atoms with E-state index in [9.17, 15) is 9.59 Å². The highest BCUT2D eigenvalue weighted by molar-refractivity contribution is 6.35. The smallest absolute Gasteiger partial charge is 0.323 e. The second-order valence-electron chi connectivity index (χ2n) is 4.04. The van der Waals surface area contributed by atoms with Crippen LogP contribution >= 0.6 is 23.2 Å². The molecule has 1 aliphatic carbocycles. The summed E-state index contributed by atoms with van der Waals surface area (Å²) in [4.78, 5) is 28.0. The second-order valence-corrected chi connectivity index (χ2v) is 4.84. The summed E-state index contributed by atoms with van der Waals surface area (Å²) in [6.07, 6.45) is 2.91. The Labute approximate surface area is 113 Å². The van der Waals surface area contributed by atoms with Crippen LogP contribution in [-0.2, 0) is 4.79 Å². The van der Waals surface area contributed by atoms with Gasteiger partial charge in [0.25, 0.3) is 5.91 Å². The van der Waals surface area contributed by atoms with E-state index in [-0.39, 0.29) is 28.3 Å². The molecule has 1 aromatic heterocycles. The van der Waals surface area contributed by atoms with Gasteiger partial charge in [-0.3, -0.25) is 9.59 Å². The Balaban J connectivity index is 2.27. The fraction of sp³-hybridized carbons (Fsp3) is 0.364. The van der Waals surface area contributed by atoms with Crippen LogP contribution in [0.5, 0.6) is 0 Å². The third kappa shape index (κ3) is 2.91. The predicted molar refractivity (Wildman–Crippen MR) is 66.0 cm³/mol. The largest absolute Gasteiger partial charge is 0.480 e. The predicted octanol–water partition coefficient (Wildman–Crippen LogP) is 2.08. The minimum atomic E-state index is -1.05. The van der Waals surface area contributed by atoms with Crippen molar-refractivity contribution in [2.45, 2.75) is 18.9 Å². The molecule has 0 radical (unpaired) electrons. The first-order valence-corrected chi connectivity index (χ1v) is 6.08. The highest BCUT2D eigenvalue weighted by atomic mass is 35.5. The van der Waals surface area contributed by atoms with Gasteiger partial charge in [0.2, 0.25) is 0 Å². The quantitative estimate of drug-likeness (QED) is 0.861. The van der Waals surface area contributed by atoms with Gasteiger partial charge in [0.1, 0.15) is 11.7 Å². The lowest BCUT2D eigenvalue weighted by Crippen LogP contribution is -2.37. The molecular formula is C11H10Cl2N2O3. The third-order valence-electron chi connectivity index (χ3n) is 2.61. The maximum Gasteiger partial charge on any atom is 0.323 e. The summed E-state index contributed by atoms with van der Waals surface area (Å²) in [5.41, 5.74) is 0.185. The molecular weight excluding hydrogens is 279 g/mol. The maximum absolute atomic E-state index is 12.2. The molecule has 5 nitrogen and oxygen atoms in total. The van der Waals surface area contributed by atoms with Crippen LogP contribution in [0.2, 0.25) is 10.2 Å². The Morgan fingerprint density at radius 3 is 2.67 bits per heavy atom. The molecule has 18 heavy (non-hydrogen) atoms. The van der Waals surface area contributed by atoms with E-state index in [4.69, 9.17) is 28.3 Å². The summed E-state index contributed by atoms with van der Waals surface area (Å²) in [6.45, 7) is -0.334. The topological polar surface area (TPSA) is 70.5 Å². The molecule has 0 saturated heterocycles. The third-order valence-corrected chi connectivity index (χ3v) is 3.11. The van der Waals surface area contributed by atoms with Crippen molar-refractivity contribution in [2.24, 2.45) is 0 Å². The number of carbonyl (C=O) groups is 2. The SMILES string of the molecule is O=C(O)CN(C(=O)c1cc(Cl)ncc1Cl)C1CC1. The standard InChI is InChI=1S/C11H10Cl2N2O3/c12-8-4-14-9(13)3-7(8)11(18)15(5-10(16)17)6-1-2-6/h3-4,6H,1-2,5H2,(H,16,17). The molecule has 1 fully saturated rings. The number of aromatic nitrogens is 1. The molecule has 0 bridgehead atoms. The van der Waals surface area contributed by atoms with Gasteiger partial charge in [0.05, 0.1) is 10.6 Å². The number of rotatable bonds is 4. The summed E-state index contributed by atoms with van der Waals surface area (Å²) in [6, 6.07) is 1.33. The van der Waals surface area contributed by atoms with Crippen LogP contribution in [0, 0.1) is 0 Å². The molecule has 0 atom stereocenters. The van der Waals surface area contributed by atoms with Crippen molar-refractivity contribution in [2.75, 3.05) is 6.54 Å². The lowest BCUT2D eigenvalue weighted by molar-refractivity contribution is -0.137. The number of hydrogen-bond donors (Lipinski definition) is 1. The second kappa shape index (κ2) is 5.12. The van der Waals surface area contributed by atoms with E-state index in [1.807, 2.05) is 0 Å². The van der Waals surface area contributed by atoms with Gasteiger partial charge in [-0.25, -0.2) is 4.98 Å². The van der Waals surface area contributed by atoms with E-state index in [0.717, 1.165) is 12.8 Å². The van der Waals surface area contributed by atoms with E-state index in [1.54, 1.807) is 0 Å². The van der Waals surface area contributed by atoms with Crippen molar-refractivity contribution < 1.29 is 14.7 Å². The van der Waals surface area contributed by atoms with Crippen molar-refractivity contribution in [1.82, 2.24) is 9.88 Å². The first-order chi connectivity index (χ1) is 8.49. The molecule has 1 aromatic rings. The molecule has 1 aliphatic rings. The van der Waals surface area contributed by atoms with Crippen molar-refractivity contribution in [1.29, 1.82) is 0 Å². The molecule has 1 N–H and O–H groups in total. The maximum atomic E-state index is 12.2. The van der Waals surface area contributed by atoms with Crippen LogP contribution in [0.4, 0.5) is 0 Å². The van der Waals surface area contributed by atoms with Gasteiger partial charge in [0.15, 0.2) is 0 Å². The van der Waals surface area contributed by atoms with Crippen molar-refractivity contribution in [3.63, 3.8) is 0 Å². The molecule has 1 amide bonds. The van der Waals surface area contributed by atoms with Crippen LogP contribution in [0.15, 0.2) is 12.3 Å². The van der Waals surface area contributed by atoms with Gasteiger partial charge >= 0.3 is 5.97 Å². The summed E-state index contributed by atoms with van der Waals surface area (Å²) >= 11 is 11.6. The van der Waals surface area contributed by atoms with E-state index >= 15 is 0 Å². The van der Waals surface area contributed by atoms with E-state index in [2.05, 4.69) is 4.98 Å². The Bertz CT molecular complexity index is 503. The number of halogens is 2. The van der Waals surface area contributed by atoms with Crippen LogP contribution in [-0.4, -0.2) is 39.5 Å². The summed E-state index contributed by atoms with van der Waals surface area (Å²) in [7, 11) is 0. The van der Waals surface area contributed by atoms with E-state index < -0.39 is 11.9 Å². The number of carboxylic acids is 1. The number of carboxylic acid groups (broad SMARTS) is 1. The molecule has 0 unspecified atom stereocenters. The minimum absolute atomic E-state index is 0.0170. The van der Waals surface area contributed by atoms with Gasteiger partial charge in [-0.1, -0.05) is 23.2 Å². The average Bonchev–Trinajstić information content (AvgIpc) is 3.12. The average molecular weight is 289 g/mol. The lowest BCUT2D eigenvalue weighted by Gasteiger charge is -2.20. The molecule has 0 spiro atoms. The van der Waals surface area contributed by atoms with Crippen molar-refractivity contribution in [3.05, 3.63) is 28.0 Å². The van der Waals surface area contributed by atoms with Crippen LogP contribution in [0.3, 0.4) is 0 Å². The lowest BCUT2D eigenvalue weighted by atomic mass is 10.2. The summed E-state index contributed by atoms with van der Waals surface area (Å²) in [5, 5.41) is 9.13. The Morgan fingerprint density at radius 2 is 2.11 bits per heavy atom. The Morgan fingerprint density at radius 1 is 1.44 bits per heavy atom. The van der Waals surface area contributed by atoms with Gasteiger partial charge < -0.3 is 10.0 Å². The first-order valence-electron chi connectivity index (χ1n) is 5.33. The molecule has 0 aromatic carbocycles. The minimum Gasteiger partial charge on any atom is -0.480 e. The van der Waals surface area contributed by atoms with Crippen LogP contribution in [0.1, 0.15) is 23.2 Å².